The first-order chi connectivity index (χ1) is 9.62. The van der Waals surface area contributed by atoms with Crippen LogP contribution in [0.15, 0.2) is 0 Å². The lowest BCUT2D eigenvalue weighted by Crippen LogP contribution is -2.53. The summed E-state index contributed by atoms with van der Waals surface area (Å²) in [5.74, 6) is -1.37. The Morgan fingerprint density at radius 3 is 2.14 bits per heavy atom. The summed E-state index contributed by atoms with van der Waals surface area (Å²) in [5, 5.41) is 11.2. The number of amides is 3. The van der Waals surface area contributed by atoms with Gasteiger partial charge in [-0.15, -0.1) is 0 Å². The van der Waals surface area contributed by atoms with Crippen LogP contribution in [0.4, 0.5) is 4.79 Å². The van der Waals surface area contributed by atoms with Crippen molar-refractivity contribution in [2.45, 2.75) is 71.9 Å². The number of likely N-dealkylation sites (tertiary alicyclic amines) is 1. The second-order valence-corrected chi connectivity index (χ2v) is 6.80. The maximum absolute atomic E-state index is 12.2. The highest BCUT2D eigenvalue weighted by Crippen LogP contribution is 2.25. The molecule has 0 aromatic rings. The van der Waals surface area contributed by atoms with E-state index in [-0.39, 0.29) is 31.0 Å². The van der Waals surface area contributed by atoms with Gasteiger partial charge in [0.05, 0.1) is 6.42 Å². The van der Waals surface area contributed by atoms with E-state index in [0.29, 0.717) is 0 Å². The molecule has 2 atom stereocenters. The number of rotatable bonds is 4. The maximum atomic E-state index is 12.2. The number of imide groups is 1. The van der Waals surface area contributed by atoms with Gasteiger partial charge in [-0.1, -0.05) is 13.8 Å². The molecule has 120 valence electrons. The van der Waals surface area contributed by atoms with E-state index < -0.39 is 17.3 Å². The van der Waals surface area contributed by atoms with Crippen LogP contribution in [-0.2, 0) is 9.59 Å². The third-order valence-corrected chi connectivity index (χ3v) is 3.94. The molecule has 1 fully saturated rings. The molecule has 0 saturated carbocycles. The molecule has 2 N–H and O–H groups in total. The molecule has 1 heterocycles. The topological polar surface area (TPSA) is 86.7 Å². The van der Waals surface area contributed by atoms with Crippen LogP contribution in [0, 0.1) is 5.41 Å². The van der Waals surface area contributed by atoms with Gasteiger partial charge in [0.25, 0.3) is 0 Å². The average Bonchev–Trinajstić information content (AvgIpc) is 2.24. The predicted molar refractivity (Wildman–Crippen MR) is 78.8 cm³/mol. The molecule has 1 aliphatic rings. The Morgan fingerprint density at radius 1 is 1.14 bits per heavy atom. The minimum absolute atomic E-state index is 0.0155. The summed E-state index contributed by atoms with van der Waals surface area (Å²) in [6, 6.07) is -0.131. The number of carboxylic acid groups (broad SMARTS) is 1. The van der Waals surface area contributed by atoms with Crippen molar-refractivity contribution in [1.29, 1.82) is 0 Å². The molecule has 1 aliphatic heterocycles. The van der Waals surface area contributed by atoms with Crippen LogP contribution in [0.2, 0.25) is 0 Å². The van der Waals surface area contributed by atoms with E-state index >= 15 is 0 Å². The van der Waals surface area contributed by atoms with Gasteiger partial charge in [-0.3, -0.25) is 14.9 Å². The third-order valence-electron chi connectivity index (χ3n) is 3.94. The first-order valence-electron chi connectivity index (χ1n) is 7.46. The fourth-order valence-corrected chi connectivity index (χ4v) is 2.96. The van der Waals surface area contributed by atoms with Crippen LogP contribution >= 0.6 is 0 Å². The molecule has 0 radical (unpaired) electrons. The van der Waals surface area contributed by atoms with Gasteiger partial charge in [-0.25, -0.2) is 4.79 Å². The van der Waals surface area contributed by atoms with Crippen molar-refractivity contribution in [2.75, 3.05) is 0 Å². The summed E-state index contributed by atoms with van der Waals surface area (Å²) >= 11 is 0. The van der Waals surface area contributed by atoms with Gasteiger partial charge in [0, 0.05) is 18.5 Å². The van der Waals surface area contributed by atoms with Crippen molar-refractivity contribution in [1.82, 2.24) is 10.2 Å². The molecular formula is C15H26N2O4. The Labute approximate surface area is 125 Å². The van der Waals surface area contributed by atoms with Gasteiger partial charge in [-0.2, -0.15) is 0 Å². The summed E-state index contributed by atoms with van der Waals surface area (Å²) in [4.78, 5) is 36.6. The van der Waals surface area contributed by atoms with Crippen molar-refractivity contribution < 1.29 is 19.5 Å². The molecule has 1 rings (SSSR count). The molecule has 6 nitrogen and oxygen atoms in total. The number of aliphatic carboxylic acids is 1. The number of carboxylic acids is 1. The van der Waals surface area contributed by atoms with Crippen molar-refractivity contribution in [3.05, 3.63) is 0 Å². The highest BCUT2D eigenvalue weighted by Gasteiger charge is 2.31. The fourth-order valence-electron chi connectivity index (χ4n) is 2.96. The van der Waals surface area contributed by atoms with Gasteiger partial charge >= 0.3 is 12.0 Å². The van der Waals surface area contributed by atoms with Gasteiger partial charge in [0.15, 0.2) is 0 Å². The molecule has 21 heavy (non-hydrogen) atoms. The quantitative estimate of drug-likeness (QED) is 0.834. The van der Waals surface area contributed by atoms with Gasteiger partial charge in [0.2, 0.25) is 5.91 Å². The van der Waals surface area contributed by atoms with Crippen LogP contribution in [0.5, 0.6) is 0 Å². The van der Waals surface area contributed by atoms with Crippen LogP contribution in [0.25, 0.3) is 0 Å². The molecule has 0 aliphatic carbocycles. The highest BCUT2D eigenvalue weighted by atomic mass is 16.4. The Bertz CT molecular complexity index is 410. The monoisotopic (exact) mass is 298 g/mol. The zero-order valence-corrected chi connectivity index (χ0v) is 13.3. The first kappa shape index (κ1) is 17.5. The number of hydrogen-bond donors (Lipinski definition) is 2. The zero-order valence-electron chi connectivity index (χ0n) is 13.3. The second-order valence-electron chi connectivity index (χ2n) is 6.80. The van der Waals surface area contributed by atoms with Crippen molar-refractivity contribution in [3.8, 4) is 0 Å². The van der Waals surface area contributed by atoms with Gasteiger partial charge in [-0.05, 0) is 38.5 Å². The smallest absolute Gasteiger partial charge is 0.324 e. The lowest BCUT2D eigenvalue weighted by Gasteiger charge is -2.38. The van der Waals surface area contributed by atoms with E-state index in [0.717, 1.165) is 19.3 Å². The molecule has 1 saturated heterocycles. The molecule has 0 bridgehead atoms. The maximum Gasteiger partial charge on any atom is 0.324 e. The van der Waals surface area contributed by atoms with E-state index in [2.05, 4.69) is 5.32 Å². The van der Waals surface area contributed by atoms with Gasteiger partial charge < -0.3 is 10.0 Å². The largest absolute Gasteiger partial charge is 0.481 e. The van der Waals surface area contributed by atoms with Crippen LogP contribution in [-0.4, -0.2) is 40.0 Å². The number of piperidine rings is 1. The Balaban J connectivity index is 2.57. The molecule has 6 heteroatoms. The van der Waals surface area contributed by atoms with Gasteiger partial charge in [0.1, 0.15) is 0 Å². The van der Waals surface area contributed by atoms with Crippen molar-refractivity contribution in [3.63, 3.8) is 0 Å². The number of hydrogen-bond acceptors (Lipinski definition) is 3. The Kier molecular flexibility index (Phi) is 5.75. The second kappa shape index (κ2) is 6.91. The Morgan fingerprint density at radius 2 is 1.67 bits per heavy atom. The molecule has 0 aromatic heterocycles. The normalized spacial score (nSPS) is 22.8. The molecular weight excluding hydrogens is 272 g/mol. The van der Waals surface area contributed by atoms with Crippen LogP contribution in [0.1, 0.15) is 59.8 Å². The summed E-state index contributed by atoms with van der Waals surface area (Å²) < 4.78 is 0. The summed E-state index contributed by atoms with van der Waals surface area (Å²) in [5.41, 5.74) is -0.671. The van der Waals surface area contributed by atoms with E-state index in [1.807, 2.05) is 13.8 Å². The van der Waals surface area contributed by atoms with E-state index in [1.54, 1.807) is 18.7 Å². The van der Waals surface area contributed by atoms with E-state index in [4.69, 9.17) is 5.11 Å². The van der Waals surface area contributed by atoms with Crippen LogP contribution < -0.4 is 5.32 Å². The Hall–Kier alpha value is -1.59. The highest BCUT2D eigenvalue weighted by molar-refractivity contribution is 5.95. The number of carbonyl (C=O) groups excluding carboxylic acids is 2. The van der Waals surface area contributed by atoms with Crippen LogP contribution in [0.3, 0.4) is 0 Å². The lowest BCUT2D eigenvalue weighted by atomic mass is 9.85. The number of carbonyl (C=O) groups is 3. The van der Waals surface area contributed by atoms with Crippen molar-refractivity contribution >= 4 is 17.9 Å². The SMILES string of the molecule is CC1CCCC(C)N1C(=O)NC(=O)CC(C)(C)CC(=O)O. The molecule has 2 unspecified atom stereocenters. The minimum atomic E-state index is -0.947. The number of nitrogens with zero attached hydrogens (tertiary/aromatic N) is 1. The number of nitrogens with one attached hydrogen (secondary N) is 1. The lowest BCUT2D eigenvalue weighted by molar-refractivity contribution is -0.139. The predicted octanol–water partition coefficient (Wildman–Crippen LogP) is 2.38. The summed E-state index contributed by atoms with van der Waals surface area (Å²) in [7, 11) is 0. The molecule has 0 spiro atoms. The average molecular weight is 298 g/mol. The molecule has 0 aromatic carbocycles. The minimum Gasteiger partial charge on any atom is -0.481 e. The molecule has 3 amide bonds. The fraction of sp³-hybridized carbons (Fsp3) is 0.800. The van der Waals surface area contributed by atoms with E-state index in [9.17, 15) is 14.4 Å². The summed E-state index contributed by atoms with van der Waals surface area (Å²) in [6.45, 7) is 7.37. The van der Waals surface area contributed by atoms with E-state index in [1.165, 1.54) is 0 Å². The standard InChI is InChI=1S/C15H26N2O4/c1-10-6-5-7-11(2)17(10)14(21)16-12(18)8-15(3,4)9-13(19)20/h10-11H,5-9H2,1-4H3,(H,19,20)(H,16,18,21). The number of urea groups is 1. The first-order valence-corrected chi connectivity index (χ1v) is 7.46. The third kappa shape index (κ3) is 5.36. The zero-order chi connectivity index (χ0) is 16.2. The van der Waals surface area contributed by atoms with Crippen molar-refractivity contribution in [2.24, 2.45) is 5.41 Å². The summed E-state index contributed by atoms with van der Waals surface area (Å²) in [6.07, 6.45) is 2.88.